The molecule has 0 bridgehead atoms. The van der Waals surface area contributed by atoms with E-state index < -0.39 is 18.0 Å². The van der Waals surface area contributed by atoms with Gasteiger partial charge in [0.1, 0.15) is 6.61 Å². The summed E-state index contributed by atoms with van der Waals surface area (Å²) >= 11 is 1.46. The molecule has 2 aliphatic heterocycles. The Morgan fingerprint density at radius 1 is 1.23 bits per heavy atom. The zero-order valence-electron chi connectivity index (χ0n) is 17.8. The lowest BCUT2D eigenvalue weighted by molar-refractivity contribution is -0.141. The van der Waals surface area contributed by atoms with Crippen molar-refractivity contribution in [3.05, 3.63) is 35.0 Å². The molecule has 0 aromatic heterocycles. The van der Waals surface area contributed by atoms with Crippen molar-refractivity contribution in [3.8, 4) is 11.5 Å². The first-order valence-electron chi connectivity index (χ1n) is 9.64. The summed E-state index contributed by atoms with van der Waals surface area (Å²) in [7, 11) is 2.96. The van der Waals surface area contributed by atoms with Crippen LogP contribution in [0.4, 0.5) is 0 Å². The van der Waals surface area contributed by atoms with Crippen molar-refractivity contribution < 1.29 is 33.3 Å². The molecule has 0 saturated carbocycles. The molecule has 1 amide bonds. The number of carbonyl (C=O) groups is 3. The summed E-state index contributed by atoms with van der Waals surface area (Å²) < 4.78 is 20.9. The van der Waals surface area contributed by atoms with Gasteiger partial charge in [0.2, 0.25) is 5.91 Å². The highest BCUT2D eigenvalue weighted by Gasteiger charge is 2.42. The van der Waals surface area contributed by atoms with E-state index in [2.05, 4.69) is 4.99 Å². The largest absolute Gasteiger partial charge is 0.493 e. The third-order valence-electron chi connectivity index (χ3n) is 4.70. The molecule has 2 heterocycles. The Bertz CT molecular complexity index is 957. The molecule has 0 spiro atoms. The molecule has 3 rings (SSSR count). The van der Waals surface area contributed by atoms with Crippen LogP contribution in [0.5, 0.6) is 11.5 Å². The average molecular weight is 448 g/mol. The fraction of sp³-hybridized carbons (Fsp3) is 0.429. The van der Waals surface area contributed by atoms with E-state index in [-0.39, 0.29) is 30.4 Å². The molecule has 10 heteroatoms. The molecule has 166 valence electrons. The predicted octanol–water partition coefficient (Wildman–Crippen LogP) is 2.46. The van der Waals surface area contributed by atoms with Crippen molar-refractivity contribution in [2.45, 2.75) is 26.3 Å². The van der Waals surface area contributed by atoms with Crippen LogP contribution in [0, 0.1) is 0 Å². The molecule has 1 aromatic rings. The summed E-state index contributed by atoms with van der Waals surface area (Å²) in [6.07, 6.45) is 0.327. The van der Waals surface area contributed by atoms with Crippen molar-refractivity contribution in [1.29, 1.82) is 0 Å². The van der Waals surface area contributed by atoms with Crippen molar-refractivity contribution in [1.82, 2.24) is 4.90 Å². The summed E-state index contributed by atoms with van der Waals surface area (Å²) in [6.45, 7) is 3.34. The molecule has 1 atom stereocenters. The minimum absolute atomic E-state index is 0.0762. The van der Waals surface area contributed by atoms with E-state index in [1.807, 2.05) is 0 Å². The number of ether oxygens (including phenoxy) is 4. The van der Waals surface area contributed by atoms with Gasteiger partial charge in [-0.1, -0.05) is 17.8 Å². The van der Waals surface area contributed by atoms with Gasteiger partial charge in [0.05, 0.1) is 31.0 Å². The van der Waals surface area contributed by atoms with E-state index in [0.717, 1.165) is 0 Å². The quantitative estimate of drug-likeness (QED) is 0.356. The maximum atomic E-state index is 13.0. The Morgan fingerprint density at radius 3 is 2.68 bits per heavy atom. The van der Waals surface area contributed by atoms with Crippen LogP contribution in [0.2, 0.25) is 0 Å². The van der Waals surface area contributed by atoms with Gasteiger partial charge in [-0.15, -0.1) is 0 Å². The fourth-order valence-corrected chi connectivity index (χ4v) is 4.37. The average Bonchev–Trinajstić information content (AvgIpc) is 2.73. The number of esters is 2. The number of allylic oxidation sites excluding steroid dienone is 1. The van der Waals surface area contributed by atoms with Crippen molar-refractivity contribution in [3.63, 3.8) is 0 Å². The van der Waals surface area contributed by atoms with Crippen LogP contribution in [0.3, 0.4) is 0 Å². The summed E-state index contributed by atoms with van der Waals surface area (Å²) in [4.78, 5) is 43.2. The van der Waals surface area contributed by atoms with Gasteiger partial charge in [-0.2, -0.15) is 0 Å². The number of hydrogen-bond donors (Lipinski definition) is 0. The number of rotatable bonds is 7. The van der Waals surface area contributed by atoms with Crippen LogP contribution in [-0.4, -0.2) is 61.1 Å². The Kier molecular flexibility index (Phi) is 7.34. The molecule has 0 radical (unpaired) electrons. The topological polar surface area (TPSA) is 104 Å². The molecule has 2 aliphatic rings. The van der Waals surface area contributed by atoms with E-state index in [4.69, 9.17) is 18.9 Å². The van der Waals surface area contributed by atoms with Gasteiger partial charge < -0.3 is 18.9 Å². The minimum atomic E-state index is -0.747. The Morgan fingerprint density at radius 2 is 2.00 bits per heavy atom. The SMILES string of the molecule is COCCOC(=O)C1=C(C)N=C2SCCC(=O)N2[C@@H]1c1ccc(OC(C)=O)c(OC)c1. The van der Waals surface area contributed by atoms with Crippen molar-refractivity contribution in [2.24, 2.45) is 4.99 Å². The molecule has 9 nitrogen and oxygen atoms in total. The van der Waals surface area contributed by atoms with Gasteiger partial charge in [-0.3, -0.25) is 14.5 Å². The van der Waals surface area contributed by atoms with Crippen LogP contribution < -0.4 is 9.47 Å². The van der Waals surface area contributed by atoms with Crippen molar-refractivity contribution in [2.75, 3.05) is 33.2 Å². The Hall–Kier alpha value is -2.85. The van der Waals surface area contributed by atoms with E-state index in [1.54, 1.807) is 25.1 Å². The normalized spacial score (nSPS) is 18.3. The molecule has 1 saturated heterocycles. The molecule has 0 N–H and O–H groups in total. The van der Waals surface area contributed by atoms with E-state index in [1.165, 1.54) is 37.8 Å². The van der Waals surface area contributed by atoms with E-state index in [0.29, 0.717) is 34.4 Å². The molecule has 0 aliphatic carbocycles. The first kappa shape index (κ1) is 22.8. The van der Waals surface area contributed by atoms with Gasteiger partial charge in [-0.05, 0) is 24.6 Å². The standard InChI is InChI=1S/C21H24N2O7S/c1-12-18(20(26)29-9-8-27-3)19(23-17(25)7-10-31-21(23)22-12)14-5-6-15(30-13(2)24)16(11-14)28-4/h5-6,11,19H,7-10H2,1-4H3/t19-/m1/s1. The fourth-order valence-electron chi connectivity index (χ4n) is 3.36. The second-order valence-corrected chi connectivity index (χ2v) is 7.85. The number of thioether (sulfide) groups is 1. The number of methoxy groups -OCH3 is 2. The third-order valence-corrected chi connectivity index (χ3v) is 5.66. The summed E-state index contributed by atoms with van der Waals surface area (Å²) in [5.74, 6) is -0.0320. The van der Waals surface area contributed by atoms with Crippen LogP contribution >= 0.6 is 11.8 Å². The summed E-state index contributed by atoms with van der Waals surface area (Å²) in [5.41, 5.74) is 1.34. The van der Waals surface area contributed by atoms with Crippen LogP contribution in [0.25, 0.3) is 0 Å². The maximum absolute atomic E-state index is 13.0. The van der Waals surface area contributed by atoms with E-state index >= 15 is 0 Å². The lowest BCUT2D eigenvalue weighted by Gasteiger charge is -2.39. The second-order valence-electron chi connectivity index (χ2n) is 6.79. The molecule has 0 unspecified atom stereocenters. The monoisotopic (exact) mass is 448 g/mol. The molecule has 1 fully saturated rings. The minimum Gasteiger partial charge on any atom is -0.493 e. The molecule has 31 heavy (non-hydrogen) atoms. The summed E-state index contributed by atoms with van der Waals surface area (Å²) in [5, 5.41) is 0.537. The lowest BCUT2D eigenvalue weighted by Crippen LogP contribution is -2.45. The highest BCUT2D eigenvalue weighted by Crippen LogP contribution is 2.42. The van der Waals surface area contributed by atoms with Gasteiger partial charge in [0, 0.05) is 26.2 Å². The Labute approximate surface area is 184 Å². The van der Waals surface area contributed by atoms with Gasteiger partial charge in [0.15, 0.2) is 16.7 Å². The maximum Gasteiger partial charge on any atom is 0.338 e. The number of hydrogen-bond acceptors (Lipinski definition) is 9. The lowest BCUT2D eigenvalue weighted by atomic mass is 9.94. The number of benzene rings is 1. The van der Waals surface area contributed by atoms with Crippen LogP contribution in [0.15, 0.2) is 34.5 Å². The molecular formula is C21H24N2O7S. The third kappa shape index (κ3) is 4.91. The number of amidine groups is 1. The first-order valence-corrected chi connectivity index (χ1v) is 10.6. The van der Waals surface area contributed by atoms with E-state index in [9.17, 15) is 14.4 Å². The number of nitrogens with zero attached hydrogens (tertiary/aromatic N) is 2. The predicted molar refractivity (Wildman–Crippen MR) is 114 cm³/mol. The van der Waals surface area contributed by atoms with Crippen LogP contribution in [-0.2, 0) is 23.9 Å². The molecular weight excluding hydrogens is 424 g/mol. The van der Waals surface area contributed by atoms with Gasteiger partial charge in [0.25, 0.3) is 0 Å². The molecule has 1 aromatic carbocycles. The highest BCUT2D eigenvalue weighted by molar-refractivity contribution is 8.14. The smallest absolute Gasteiger partial charge is 0.338 e. The highest BCUT2D eigenvalue weighted by atomic mass is 32.2. The van der Waals surface area contributed by atoms with Gasteiger partial charge in [-0.25, -0.2) is 9.79 Å². The second kappa shape index (κ2) is 9.97. The van der Waals surface area contributed by atoms with Crippen LogP contribution in [0.1, 0.15) is 31.9 Å². The van der Waals surface area contributed by atoms with Crippen molar-refractivity contribution >= 4 is 34.8 Å². The number of fused-ring (bicyclic) bond motifs is 1. The Balaban J connectivity index is 2.08. The first-order chi connectivity index (χ1) is 14.9. The summed E-state index contributed by atoms with van der Waals surface area (Å²) in [6, 6.07) is 4.17. The zero-order valence-corrected chi connectivity index (χ0v) is 18.6. The zero-order chi connectivity index (χ0) is 22.5. The number of aliphatic imine (C=N–C) groups is 1. The number of carbonyl (C=O) groups excluding carboxylic acids is 3. The van der Waals surface area contributed by atoms with Gasteiger partial charge >= 0.3 is 11.9 Å². The number of amides is 1.